The molecule has 1 aliphatic heterocycles. The maximum absolute atomic E-state index is 14.6. The maximum Gasteiger partial charge on any atom is 0.246 e. The van der Waals surface area contributed by atoms with Crippen LogP contribution in [0.3, 0.4) is 0 Å². The Kier molecular flexibility index (Phi) is 26.3. The Morgan fingerprint density at radius 3 is 1.75 bits per heavy atom. The highest BCUT2D eigenvalue weighted by Gasteiger charge is 2.38. The van der Waals surface area contributed by atoms with Crippen LogP contribution in [0.25, 0.3) is 0 Å². The van der Waals surface area contributed by atoms with Crippen molar-refractivity contribution in [2.75, 3.05) is 33.8 Å². The number of primary amides is 1. The lowest BCUT2D eigenvalue weighted by Crippen LogP contribution is -2.61. The topological polar surface area (TPSA) is 395 Å². The summed E-state index contributed by atoms with van der Waals surface area (Å²) in [4.78, 5) is 179. The van der Waals surface area contributed by atoms with Gasteiger partial charge in [0.25, 0.3) is 0 Å². The number of hydrogen-bond donors (Lipinski definition) is 12. The van der Waals surface area contributed by atoms with Gasteiger partial charge in [-0.3, -0.25) is 62.3 Å². The molecule has 1 aliphatic rings. The predicted molar refractivity (Wildman–Crippen MR) is 293 cm³/mol. The van der Waals surface area contributed by atoms with Gasteiger partial charge in [0, 0.05) is 26.9 Å². The van der Waals surface area contributed by atoms with E-state index in [2.05, 4.69) is 53.2 Å². The average molecular weight is 1130 g/mol. The van der Waals surface area contributed by atoms with Gasteiger partial charge in [-0.25, -0.2) is 0 Å². The lowest BCUT2D eigenvalue weighted by atomic mass is 10.00. The molecular weight excluding hydrogens is 1050 g/mol. The number of nitrogens with zero attached hydrogens (tertiary/aromatic N) is 2. The fourth-order valence-corrected chi connectivity index (χ4v) is 8.27. The van der Waals surface area contributed by atoms with Gasteiger partial charge in [-0.05, 0) is 57.1 Å². The molecule has 27 heteroatoms. The number of nitrogens with one attached hydrogen (secondary N) is 10. The van der Waals surface area contributed by atoms with E-state index in [1.54, 1.807) is 88.4 Å². The molecule has 0 aromatic heterocycles. The molecular formula is C54H79N13O14. The van der Waals surface area contributed by atoms with Crippen molar-refractivity contribution in [3.8, 4) is 0 Å². The van der Waals surface area contributed by atoms with Gasteiger partial charge in [0.1, 0.15) is 60.4 Å². The number of likely N-dealkylation sites (N-methyl/N-ethyl adjacent to an activating group) is 2. The number of nitrogens with two attached hydrogens (primary N) is 1. The number of carbonyl (C=O) groups excluding carboxylic acids is 13. The minimum Gasteiger partial charge on any atom is -0.394 e. The highest BCUT2D eigenvalue weighted by Crippen LogP contribution is 2.14. The summed E-state index contributed by atoms with van der Waals surface area (Å²) in [6, 6.07) is 2.60. The summed E-state index contributed by atoms with van der Waals surface area (Å²) in [5.74, 6) is -12.5. The van der Waals surface area contributed by atoms with Gasteiger partial charge < -0.3 is 73.8 Å². The van der Waals surface area contributed by atoms with E-state index in [-0.39, 0.29) is 25.2 Å². The van der Waals surface area contributed by atoms with Crippen LogP contribution >= 0.6 is 0 Å². The monoisotopic (exact) mass is 1130 g/mol. The van der Waals surface area contributed by atoms with Crippen molar-refractivity contribution in [3.05, 3.63) is 71.8 Å². The molecule has 1 saturated heterocycles. The number of carbonyl (C=O) groups is 13. The van der Waals surface area contributed by atoms with E-state index in [4.69, 9.17) is 5.73 Å². The quantitative estimate of drug-likeness (QED) is 0.0807. The van der Waals surface area contributed by atoms with Crippen LogP contribution in [0.4, 0.5) is 0 Å². The second-order valence-corrected chi connectivity index (χ2v) is 20.7. The molecule has 1 heterocycles. The summed E-state index contributed by atoms with van der Waals surface area (Å²) >= 11 is 0. The normalized spacial score (nSPS) is 23.5. The van der Waals surface area contributed by atoms with Gasteiger partial charge >= 0.3 is 0 Å². The third kappa shape index (κ3) is 21.3. The number of aliphatic hydroxyl groups is 1. The molecule has 13 amide bonds. The summed E-state index contributed by atoms with van der Waals surface area (Å²) in [5, 5.41) is 34.7. The molecule has 13 N–H and O–H groups in total. The molecule has 0 spiro atoms. The minimum atomic E-state index is -1.86. The molecule has 1 fully saturated rings. The number of rotatable bonds is 15. The Hall–Kier alpha value is -8.49. The zero-order valence-corrected chi connectivity index (χ0v) is 47.4. The number of hydrogen-bond acceptors (Lipinski definition) is 14. The second kappa shape index (κ2) is 31.9. The maximum atomic E-state index is 14.6. The molecule has 0 bridgehead atoms. The van der Waals surface area contributed by atoms with E-state index in [1.807, 2.05) is 0 Å². The molecule has 27 nitrogen and oxygen atoms in total. The van der Waals surface area contributed by atoms with Crippen LogP contribution in [0.5, 0.6) is 0 Å². The summed E-state index contributed by atoms with van der Waals surface area (Å²) < 4.78 is 0. The van der Waals surface area contributed by atoms with Gasteiger partial charge in [-0.1, -0.05) is 88.4 Å². The third-order valence-corrected chi connectivity index (χ3v) is 13.2. The van der Waals surface area contributed by atoms with Gasteiger partial charge in [0.2, 0.25) is 76.8 Å². The first-order chi connectivity index (χ1) is 38.0. The summed E-state index contributed by atoms with van der Waals surface area (Å²) in [6.07, 6.45) is -1.05. The summed E-state index contributed by atoms with van der Waals surface area (Å²) in [7, 11) is 2.46. The van der Waals surface area contributed by atoms with E-state index < -0.39 is 169 Å². The van der Waals surface area contributed by atoms with E-state index in [1.165, 1.54) is 34.7 Å². The first-order valence-electron chi connectivity index (χ1n) is 26.5. The van der Waals surface area contributed by atoms with E-state index in [9.17, 15) is 67.4 Å². The molecule has 0 saturated carbocycles. The van der Waals surface area contributed by atoms with Crippen LogP contribution < -0.4 is 58.9 Å². The van der Waals surface area contributed by atoms with E-state index in [0.29, 0.717) is 11.1 Å². The minimum absolute atomic E-state index is 0.0396. The number of amides is 13. The lowest BCUT2D eigenvalue weighted by Gasteiger charge is -2.31. The standard InChI is InChI=1S/C54H79N13O14/c1-28(2)21-36-49(76)59-31(6)46(73)65-44(29(3)4)52(79)62-37(22-34-17-13-11-14-18-34)50(77)63-38(54(81)66(9)33(8)47(74)64-39(27-68)48(75)56-25-41(55)69)24-42(70)58-30(5)45(72)60-32(7)53(80)67(10)40(23-35-19-15-12-16-20-35)51(78)57-26-43(71)61-36/h11-20,28-33,36-40,44,68H,21-27H2,1-10H3,(H2,55,69)(H,56,75)(H,57,78)(H,58,70)(H,59,76)(H,60,72)(H,61,71)(H,62,79)(H,63,77)(H,64,74)(H,65,73)/t30-,31-,32-,33-,36-,37-,38-,39-,40-,44-/m0/s1. The molecule has 0 radical (unpaired) electrons. The second-order valence-electron chi connectivity index (χ2n) is 20.7. The largest absolute Gasteiger partial charge is 0.394 e. The van der Waals surface area contributed by atoms with Crippen molar-refractivity contribution in [1.82, 2.24) is 63.0 Å². The first kappa shape index (κ1) is 66.8. The highest BCUT2D eigenvalue weighted by molar-refractivity contribution is 6.00. The van der Waals surface area contributed by atoms with Crippen molar-refractivity contribution in [3.63, 3.8) is 0 Å². The van der Waals surface area contributed by atoms with Crippen LogP contribution in [0.2, 0.25) is 0 Å². The zero-order chi connectivity index (χ0) is 60.8. The van der Waals surface area contributed by atoms with Gasteiger partial charge in [0.15, 0.2) is 0 Å². The first-order valence-corrected chi connectivity index (χ1v) is 26.5. The Morgan fingerprint density at radius 1 is 0.654 bits per heavy atom. The zero-order valence-electron chi connectivity index (χ0n) is 47.4. The Balaban J connectivity index is 2.13. The van der Waals surface area contributed by atoms with Crippen LogP contribution in [0.1, 0.15) is 79.4 Å². The van der Waals surface area contributed by atoms with Crippen LogP contribution in [0.15, 0.2) is 60.7 Å². The highest BCUT2D eigenvalue weighted by atomic mass is 16.3. The molecule has 0 unspecified atom stereocenters. The van der Waals surface area contributed by atoms with Gasteiger partial charge in [0.05, 0.1) is 26.1 Å². The van der Waals surface area contributed by atoms with Crippen molar-refractivity contribution < 1.29 is 67.4 Å². The Labute approximate surface area is 470 Å². The smallest absolute Gasteiger partial charge is 0.246 e. The number of aliphatic hydroxyl groups excluding tert-OH is 1. The van der Waals surface area contributed by atoms with Crippen LogP contribution in [0, 0.1) is 11.8 Å². The van der Waals surface area contributed by atoms with Crippen molar-refractivity contribution in [2.45, 2.75) is 141 Å². The number of benzene rings is 2. The Morgan fingerprint density at radius 2 is 1.20 bits per heavy atom. The fraction of sp³-hybridized carbons (Fsp3) is 0.537. The van der Waals surface area contributed by atoms with Crippen molar-refractivity contribution in [2.24, 2.45) is 17.6 Å². The molecule has 3 rings (SSSR count). The third-order valence-electron chi connectivity index (χ3n) is 13.2. The average Bonchev–Trinajstić information content (AvgIpc) is 3.41. The SMILES string of the molecule is CC(C)C[C@@H]1NC(=O)CNC(=O)[C@H](Cc2ccccc2)N(C)C(=O)[C@H](C)NC(=O)[C@H](C)NC(=O)C[C@@H](C(=O)N(C)[C@@H](C)C(=O)N[C@@H](CO)C(=O)NCC(N)=O)NC(=O)[C@H](Cc2ccccc2)NC(=O)[C@H](C(C)C)NC(=O)[C@H](C)NC1=O. The summed E-state index contributed by atoms with van der Waals surface area (Å²) in [5.41, 5.74) is 6.24. The predicted octanol–water partition coefficient (Wildman–Crippen LogP) is -4.10. The molecule has 10 atom stereocenters. The van der Waals surface area contributed by atoms with Gasteiger partial charge in [-0.2, -0.15) is 0 Å². The molecule has 2 aromatic rings. The van der Waals surface area contributed by atoms with Crippen molar-refractivity contribution in [1.29, 1.82) is 0 Å². The van der Waals surface area contributed by atoms with E-state index >= 15 is 0 Å². The fourth-order valence-electron chi connectivity index (χ4n) is 8.27. The summed E-state index contributed by atoms with van der Waals surface area (Å²) in [6.45, 7) is 9.79. The van der Waals surface area contributed by atoms with Crippen LogP contribution in [-0.4, -0.2) is 186 Å². The molecule has 0 aliphatic carbocycles. The van der Waals surface area contributed by atoms with E-state index in [0.717, 1.165) is 16.8 Å². The van der Waals surface area contributed by atoms with Crippen molar-refractivity contribution >= 4 is 76.8 Å². The van der Waals surface area contributed by atoms with Crippen LogP contribution in [-0.2, 0) is 75.2 Å². The van der Waals surface area contributed by atoms with Gasteiger partial charge in [-0.15, -0.1) is 0 Å². The Bertz CT molecular complexity index is 2590. The molecule has 444 valence electrons. The molecule has 81 heavy (non-hydrogen) atoms. The molecule has 2 aromatic carbocycles. The lowest BCUT2D eigenvalue weighted by molar-refractivity contribution is -0.144.